The summed E-state index contributed by atoms with van der Waals surface area (Å²) in [7, 11) is 1.29. The van der Waals surface area contributed by atoms with Crippen LogP contribution in [-0.2, 0) is 21.3 Å². The van der Waals surface area contributed by atoms with Crippen molar-refractivity contribution >= 4 is 41.3 Å². The second kappa shape index (κ2) is 7.13. The highest BCUT2D eigenvalue weighted by atomic mass is 35.5. The third-order valence-electron chi connectivity index (χ3n) is 2.50. The van der Waals surface area contributed by atoms with Gasteiger partial charge in [-0.05, 0) is 29.1 Å². The van der Waals surface area contributed by atoms with Gasteiger partial charge in [-0.25, -0.2) is 0 Å². The Labute approximate surface area is 135 Å². The first-order chi connectivity index (χ1) is 9.89. The Morgan fingerprint density at radius 2 is 2.24 bits per heavy atom. The molecular formula is C11H12Cl2N3O3PS. The fraction of sp³-hybridized carbons (Fsp3) is 0.273. The van der Waals surface area contributed by atoms with Crippen molar-refractivity contribution in [1.82, 2.24) is 10.1 Å². The number of nitrogens with zero attached hydrogens (tertiary/aromatic N) is 2. The zero-order chi connectivity index (χ0) is 15.5. The van der Waals surface area contributed by atoms with E-state index in [1.54, 1.807) is 18.2 Å². The first kappa shape index (κ1) is 16.8. The lowest BCUT2D eigenvalue weighted by Gasteiger charge is -2.06. The van der Waals surface area contributed by atoms with Gasteiger partial charge in [-0.2, -0.15) is 4.98 Å². The molecule has 2 aromatic rings. The maximum atomic E-state index is 11.5. The summed E-state index contributed by atoms with van der Waals surface area (Å²) in [6.07, 6.45) is 0.411. The van der Waals surface area contributed by atoms with Crippen molar-refractivity contribution in [2.75, 3.05) is 7.11 Å². The van der Waals surface area contributed by atoms with Crippen LogP contribution >= 0.6 is 41.3 Å². The summed E-state index contributed by atoms with van der Waals surface area (Å²) < 4.78 is 21.3. The minimum Gasteiger partial charge on any atom is -0.338 e. The molecule has 2 N–H and O–H groups in total. The number of halogens is 2. The van der Waals surface area contributed by atoms with Gasteiger partial charge in [-0.15, -0.1) is 0 Å². The van der Waals surface area contributed by atoms with Gasteiger partial charge in [-0.1, -0.05) is 34.4 Å². The quantitative estimate of drug-likeness (QED) is 0.773. The fourth-order valence-corrected chi connectivity index (χ4v) is 3.63. The highest BCUT2D eigenvalue weighted by Gasteiger charge is 2.18. The Hall–Kier alpha value is -0.560. The van der Waals surface area contributed by atoms with E-state index in [1.807, 2.05) is 0 Å². The first-order valence-electron chi connectivity index (χ1n) is 5.74. The van der Waals surface area contributed by atoms with Crippen LogP contribution in [0.2, 0.25) is 10.0 Å². The molecule has 114 valence electrons. The maximum absolute atomic E-state index is 11.5. The minimum absolute atomic E-state index is 0.211. The fourth-order valence-electron chi connectivity index (χ4n) is 1.45. The number of rotatable bonds is 6. The smallest absolute Gasteiger partial charge is 0.324 e. The van der Waals surface area contributed by atoms with Gasteiger partial charge in [0.1, 0.15) is 0 Å². The van der Waals surface area contributed by atoms with Crippen molar-refractivity contribution in [3.8, 4) is 0 Å². The third kappa shape index (κ3) is 4.98. The van der Waals surface area contributed by atoms with E-state index in [2.05, 4.69) is 14.7 Å². The molecule has 1 unspecified atom stereocenters. The molecule has 0 aliphatic carbocycles. The number of aromatic nitrogens is 2. The molecule has 0 aliphatic rings. The van der Waals surface area contributed by atoms with Crippen molar-refractivity contribution in [3.63, 3.8) is 0 Å². The Kier molecular flexibility index (Phi) is 5.71. The summed E-state index contributed by atoms with van der Waals surface area (Å²) >= 11 is 12.8. The maximum Gasteiger partial charge on any atom is 0.324 e. The lowest BCUT2D eigenvalue weighted by atomic mass is 10.1. The molecule has 1 aromatic heterocycles. The highest BCUT2D eigenvalue weighted by molar-refractivity contribution is 8.55. The molecule has 0 amide bonds. The molecule has 0 saturated carbocycles. The Bertz CT molecular complexity index is 682. The van der Waals surface area contributed by atoms with Crippen LogP contribution in [0, 0.1) is 0 Å². The lowest BCUT2D eigenvalue weighted by molar-refractivity contribution is 0.385. The number of hydrogen-bond donors (Lipinski definition) is 1. The van der Waals surface area contributed by atoms with Crippen molar-refractivity contribution in [3.05, 3.63) is 45.5 Å². The average Bonchev–Trinajstić information content (AvgIpc) is 2.88. The van der Waals surface area contributed by atoms with Crippen molar-refractivity contribution in [2.24, 2.45) is 5.50 Å². The lowest BCUT2D eigenvalue weighted by Crippen LogP contribution is -1.94. The molecular weight excluding hydrogens is 356 g/mol. The van der Waals surface area contributed by atoms with Crippen LogP contribution in [0.5, 0.6) is 0 Å². The largest absolute Gasteiger partial charge is 0.338 e. The minimum atomic E-state index is -3.16. The number of hydrogen-bond acceptors (Lipinski definition) is 6. The predicted octanol–water partition coefficient (Wildman–Crippen LogP) is 3.91. The molecule has 0 bridgehead atoms. The molecule has 1 aromatic carbocycles. The summed E-state index contributed by atoms with van der Waals surface area (Å²) in [5.74, 6) is 1.00. The van der Waals surface area contributed by atoms with Gasteiger partial charge >= 0.3 is 6.72 Å². The zero-order valence-corrected chi connectivity index (χ0v) is 14.2. The van der Waals surface area contributed by atoms with Gasteiger partial charge in [0.05, 0.1) is 5.75 Å². The van der Waals surface area contributed by atoms with E-state index in [9.17, 15) is 4.57 Å². The highest BCUT2D eigenvalue weighted by Crippen LogP contribution is 2.52. The standard InChI is InChI=1S/C11H12Cl2N3O3PS/c1-18-20(14,17)21-6-11-15-10(16-19-11)4-7-2-3-8(12)5-9(7)13/h2-3,5H,4,6H2,1H3,(H2,14,17). The normalized spacial score (nSPS) is 14.1. The molecule has 0 fully saturated rings. The van der Waals surface area contributed by atoms with E-state index in [1.165, 1.54) is 7.11 Å². The first-order valence-corrected chi connectivity index (χ1v) is 9.78. The van der Waals surface area contributed by atoms with E-state index in [0.717, 1.165) is 16.9 Å². The molecule has 1 atom stereocenters. The van der Waals surface area contributed by atoms with Crippen LogP contribution < -0.4 is 5.50 Å². The molecule has 1 heterocycles. The molecule has 0 spiro atoms. The van der Waals surface area contributed by atoms with Gasteiger partial charge in [0.25, 0.3) is 0 Å². The topological polar surface area (TPSA) is 91.2 Å². The number of nitrogens with two attached hydrogens (primary N) is 1. The van der Waals surface area contributed by atoms with Crippen LogP contribution in [0.1, 0.15) is 17.3 Å². The van der Waals surface area contributed by atoms with Crippen LogP contribution in [0.25, 0.3) is 0 Å². The SMILES string of the molecule is COP(N)(=O)SCc1nc(Cc2ccc(Cl)cc2Cl)no1. The predicted molar refractivity (Wildman–Crippen MR) is 83.7 cm³/mol. The summed E-state index contributed by atoms with van der Waals surface area (Å²) in [4.78, 5) is 4.18. The van der Waals surface area contributed by atoms with Gasteiger partial charge in [0, 0.05) is 23.6 Å². The molecule has 0 saturated heterocycles. The third-order valence-corrected chi connectivity index (χ3v) is 6.24. The van der Waals surface area contributed by atoms with Crippen LogP contribution in [0.15, 0.2) is 22.7 Å². The Morgan fingerprint density at radius 1 is 1.48 bits per heavy atom. The summed E-state index contributed by atoms with van der Waals surface area (Å²) in [5.41, 5.74) is 6.24. The molecule has 10 heteroatoms. The van der Waals surface area contributed by atoms with Crippen molar-refractivity contribution in [1.29, 1.82) is 0 Å². The van der Waals surface area contributed by atoms with E-state index >= 15 is 0 Å². The monoisotopic (exact) mass is 367 g/mol. The molecule has 0 aliphatic heterocycles. The second-order valence-corrected chi connectivity index (χ2v) is 9.15. The second-order valence-electron chi connectivity index (χ2n) is 4.01. The summed E-state index contributed by atoms with van der Waals surface area (Å²) in [5, 5.41) is 4.94. The van der Waals surface area contributed by atoms with E-state index in [4.69, 9.17) is 33.2 Å². The Morgan fingerprint density at radius 3 is 2.90 bits per heavy atom. The summed E-state index contributed by atoms with van der Waals surface area (Å²) in [6, 6.07) is 5.19. The van der Waals surface area contributed by atoms with E-state index < -0.39 is 6.72 Å². The molecule has 2 rings (SSSR count). The van der Waals surface area contributed by atoms with Crippen LogP contribution in [0.3, 0.4) is 0 Å². The van der Waals surface area contributed by atoms with Crippen molar-refractivity contribution < 1.29 is 13.6 Å². The zero-order valence-electron chi connectivity index (χ0n) is 11.0. The average molecular weight is 368 g/mol. The van der Waals surface area contributed by atoms with Crippen LogP contribution in [-0.4, -0.2) is 17.3 Å². The van der Waals surface area contributed by atoms with E-state index in [0.29, 0.717) is 28.2 Å². The molecule has 21 heavy (non-hydrogen) atoms. The molecule has 0 radical (unpaired) electrons. The number of benzene rings is 1. The van der Waals surface area contributed by atoms with Gasteiger partial charge < -0.3 is 9.05 Å². The van der Waals surface area contributed by atoms with Gasteiger partial charge in [-0.3, -0.25) is 10.1 Å². The molecule has 6 nitrogen and oxygen atoms in total. The summed E-state index contributed by atoms with van der Waals surface area (Å²) in [6.45, 7) is -3.16. The van der Waals surface area contributed by atoms with Gasteiger partial charge in [0.15, 0.2) is 5.82 Å². The van der Waals surface area contributed by atoms with E-state index in [-0.39, 0.29) is 5.75 Å². The van der Waals surface area contributed by atoms with Crippen molar-refractivity contribution in [2.45, 2.75) is 12.2 Å². The van der Waals surface area contributed by atoms with Gasteiger partial charge in [0.2, 0.25) is 5.89 Å². The Balaban J connectivity index is 2.01. The van der Waals surface area contributed by atoms with Crippen LogP contribution in [0.4, 0.5) is 0 Å².